The van der Waals surface area contributed by atoms with Gasteiger partial charge in [-0.05, 0) is 144 Å². The van der Waals surface area contributed by atoms with Crippen molar-refractivity contribution in [3.05, 3.63) is 204 Å². The fourth-order valence-corrected chi connectivity index (χ4v) is 10.6. The molecule has 0 N–H and O–H groups in total. The number of fused-ring (bicyclic) bond motifs is 8. The van der Waals surface area contributed by atoms with Crippen molar-refractivity contribution in [3.8, 4) is 0 Å². The molecule has 0 fully saturated rings. The Kier molecular flexibility index (Phi) is 7.25. The zero-order valence-electron chi connectivity index (χ0n) is 30.0. The Morgan fingerprint density at radius 3 is 1.37 bits per heavy atom. The van der Waals surface area contributed by atoms with Gasteiger partial charge >= 0.3 is 0 Å². The number of para-hydroxylation sites is 3. The third-order valence-corrected chi connectivity index (χ3v) is 13.1. The zero-order chi connectivity index (χ0) is 35.6. The summed E-state index contributed by atoms with van der Waals surface area (Å²) >= 11 is 1.90. The van der Waals surface area contributed by atoms with E-state index in [0.29, 0.717) is 0 Å². The lowest BCUT2D eigenvalue weighted by Crippen LogP contribution is -2.22. The Balaban J connectivity index is 1.04. The molecule has 54 heavy (non-hydrogen) atoms. The van der Waals surface area contributed by atoms with Crippen molar-refractivity contribution in [3.63, 3.8) is 0 Å². The Hall–Kier alpha value is -6.16. The highest BCUT2D eigenvalue weighted by Gasteiger charge is 2.45. The van der Waals surface area contributed by atoms with E-state index in [9.17, 15) is 0 Å². The third kappa shape index (κ3) is 4.99. The van der Waals surface area contributed by atoms with Gasteiger partial charge in [0.05, 0.1) is 0 Å². The predicted octanol–water partition coefficient (Wildman–Crippen LogP) is 14.3. The number of anilines is 6. The van der Waals surface area contributed by atoms with Crippen LogP contribution in [0.25, 0.3) is 30.9 Å². The second-order valence-corrected chi connectivity index (χ2v) is 16.0. The molecule has 3 heteroatoms. The van der Waals surface area contributed by atoms with E-state index in [1.807, 2.05) is 11.3 Å². The summed E-state index contributed by atoms with van der Waals surface area (Å²) in [5, 5.41) is 5.25. The van der Waals surface area contributed by atoms with Gasteiger partial charge in [0.1, 0.15) is 0 Å². The molecule has 0 saturated heterocycles. The van der Waals surface area contributed by atoms with E-state index in [-0.39, 0.29) is 5.41 Å². The predicted molar refractivity (Wildman–Crippen MR) is 230 cm³/mol. The molecule has 1 spiro atoms. The van der Waals surface area contributed by atoms with Gasteiger partial charge in [-0.3, -0.25) is 0 Å². The highest BCUT2D eigenvalue weighted by Crippen LogP contribution is 2.55. The van der Waals surface area contributed by atoms with Crippen LogP contribution in [0.1, 0.15) is 35.1 Å². The Morgan fingerprint density at radius 2 is 0.815 bits per heavy atom. The number of rotatable bonds is 6. The maximum absolute atomic E-state index is 2.53. The molecule has 8 aromatic carbocycles. The smallest absolute Gasteiger partial charge is 0.0476 e. The maximum atomic E-state index is 2.53. The molecule has 258 valence electrons. The first kappa shape index (κ1) is 31.4. The normalized spacial score (nSPS) is 15.9. The summed E-state index contributed by atoms with van der Waals surface area (Å²) in [6.07, 6.45) is 4.50. The molecule has 11 rings (SSSR count). The molecule has 0 saturated carbocycles. The van der Waals surface area contributed by atoms with Gasteiger partial charge in [0.2, 0.25) is 0 Å². The number of benzene rings is 8. The average molecular weight is 711 g/mol. The number of hydrogen-bond donors (Lipinski definition) is 0. The first-order chi connectivity index (χ1) is 26.7. The molecular weight excluding hydrogens is 673 g/mol. The van der Waals surface area contributed by atoms with E-state index in [0.717, 1.165) is 25.7 Å². The van der Waals surface area contributed by atoms with Crippen LogP contribution in [0.3, 0.4) is 0 Å². The van der Waals surface area contributed by atoms with E-state index in [1.165, 1.54) is 87.3 Å². The van der Waals surface area contributed by atoms with Gasteiger partial charge in [-0.25, -0.2) is 0 Å². The summed E-state index contributed by atoms with van der Waals surface area (Å²) < 4.78 is 2.65. The minimum atomic E-state index is -0.00444. The van der Waals surface area contributed by atoms with E-state index < -0.39 is 0 Å². The summed E-state index contributed by atoms with van der Waals surface area (Å²) in [7, 11) is 0. The summed E-state index contributed by atoms with van der Waals surface area (Å²) in [6.45, 7) is 0. The summed E-state index contributed by atoms with van der Waals surface area (Å²) in [5.41, 5.74) is 13.1. The van der Waals surface area contributed by atoms with Gasteiger partial charge < -0.3 is 9.80 Å². The first-order valence-corrected chi connectivity index (χ1v) is 19.9. The maximum Gasteiger partial charge on any atom is 0.0476 e. The topological polar surface area (TPSA) is 6.48 Å². The van der Waals surface area contributed by atoms with Crippen LogP contribution in [0, 0.1) is 0 Å². The van der Waals surface area contributed by atoms with Gasteiger partial charge in [-0.1, -0.05) is 97.1 Å². The van der Waals surface area contributed by atoms with Crippen LogP contribution in [-0.2, 0) is 18.3 Å². The van der Waals surface area contributed by atoms with Crippen LogP contribution in [0.5, 0.6) is 0 Å². The van der Waals surface area contributed by atoms with Crippen LogP contribution in [0.2, 0.25) is 0 Å². The molecule has 0 aliphatic heterocycles. The van der Waals surface area contributed by atoms with E-state index >= 15 is 0 Å². The minimum Gasteiger partial charge on any atom is -0.310 e. The molecule has 0 radical (unpaired) electrons. The van der Waals surface area contributed by atoms with Crippen molar-refractivity contribution in [1.82, 2.24) is 0 Å². The van der Waals surface area contributed by atoms with E-state index in [1.54, 1.807) is 0 Å². The van der Waals surface area contributed by atoms with Crippen molar-refractivity contribution in [2.75, 3.05) is 9.80 Å². The van der Waals surface area contributed by atoms with Crippen LogP contribution < -0.4 is 9.80 Å². The Bertz CT molecular complexity index is 2800. The quantitative estimate of drug-likeness (QED) is 0.169. The second-order valence-electron chi connectivity index (χ2n) is 14.9. The standard InChI is InChI=1S/C51H38N2S/c1-4-14-39(15-5-1)52(40-16-6-2-7-17-40)42-22-20-35-26-28-51(47(35)32-42)29-27-36-21-23-43(33-48(36)51)53(41-18-8-3-9-19-41)44-24-25-45-46-30-37-12-10-11-13-38(37)31-49(46)54-50(45)34-44/h1-25,30-34H,26-29H2/t51-/m1/s1. The number of thiophene rings is 1. The second kappa shape index (κ2) is 12.5. The lowest BCUT2D eigenvalue weighted by molar-refractivity contribution is 0.507. The minimum absolute atomic E-state index is 0.00444. The molecule has 0 amide bonds. The van der Waals surface area contributed by atoms with E-state index in [2.05, 4.69) is 192 Å². The molecular formula is C51H38N2S. The van der Waals surface area contributed by atoms with Crippen molar-refractivity contribution >= 4 is 76.4 Å². The molecule has 9 aromatic rings. The molecule has 1 aromatic heterocycles. The molecule has 2 aliphatic carbocycles. The molecule has 1 heterocycles. The zero-order valence-corrected chi connectivity index (χ0v) is 30.8. The van der Waals surface area contributed by atoms with Crippen molar-refractivity contribution in [1.29, 1.82) is 0 Å². The Labute approximate surface area is 320 Å². The highest BCUT2D eigenvalue weighted by atomic mass is 32.1. The van der Waals surface area contributed by atoms with Crippen LogP contribution in [0.4, 0.5) is 34.1 Å². The van der Waals surface area contributed by atoms with Crippen LogP contribution >= 0.6 is 11.3 Å². The third-order valence-electron chi connectivity index (χ3n) is 12.0. The molecule has 2 aliphatic rings. The van der Waals surface area contributed by atoms with Gasteiger partial charge in [0.15, 0.2) is 0 Å². The first-order valence-electron chi connectivity index (χ1n) is 19.1. The van der Waals surface area contributed by atoms with Crippen LogP contribution in [-0.4, -0.2) is 0 Å². The Morgan fingerprint density at radius 1 is 0.370 bits per heavy atom. The van der Waals surface area contributed by atoms with Gasteiger partial charge in [0.25, 0.3) is 0 Å². The largest absolute Gasteiger partial charge is 0.310 e. The van der Waals surface area contributed by atoms with Crippen molar-refractivity contribution < 1.29 is 0 Å². The fourth-order valence-electron chi connectivity index (χ4n) is 9.45. The number of hydrogen-bond acceptors (Lipinski definition) is 3. The highest BCUT2D eigenvalue weighted by molar-refractivity contribution is 7.25. The summed E-state index contributed by atoms with van der Waals surface area (Å²) in [6, 6.07) is 67.5. The average Bonchev–Trinajstić information content (AvgIpc) is 3.91. The van der Waals surface area contributed by atoms with Crippen LogP contribution in [0.15, 0.2) is 182 Å². The number of aryl methyl sites for hydroxylation is 2. The summed E-state index contributed by atoms with van der Waals surface area (Å²) in [5.74, 6) is 0. The van der Waals surface area contributed by atoms with Crippen molar-refractivity contribution in [2.45, 2.75) is 31.1 Å². The fraction of sp³-hybridized carbons (Fsp3) is 0.0980. The monoisotopic (exact) mass is 710 g/mol. The lowest BCUT2D eigenvalue weighted by Gasteiger charge is -2.31. The SMILES string of the molecule is c1ccc(N(c2ccccc2)c2ccc3c(c2)[C@@]2(CC3)CCc3ccc(N(c4ccccc4)c4ccc5c(c4)sc4cc6ccccc6cc45)cc32)cc1. The van der Waals surface area contributed by atoms with Gasteiger partial charge in [-0.15, -0.1) is 11.3 Å². The summed E-state index contributed by atoms with van der Waals surface area (Å²) in [4.78, 5) is 4.87. The molecule has 2 nitrogen and oxygen atoms in total. The van der Waals surface area contributed by atoms with Gasteiger partial charge in [0, 0.05) is 59.7 Å². The molecule has 1 atom stereocenters. The lowest BCUT2D eigenvalue weighted by atomic mass is 9.76. The van der Waals surface area contributed by atoms with E-state index in [4.69, 9.17) is 0 Å². The van der Waals surface area contributed by atoms with Gasteiger partial charge in [-0.2, -0.15) is 0 Å². The van der Waals surface area contributed by atoms with Crippen molar-refractivity contribution in [2.24, 2.45) is 0 Å². The molecule has 0 bridgehead atoms. The molecule has 0 unspecified atom stereocenters. The number of nitrogens with zero attached hydrogens (tertiary/aromatic N) is 2.